The van der Waals surface area contributed by atoms with Gasteiger partial charge >= 0.3 is 0 Å². The van der Waals surface area contributed by atoms with Gasteiger partial charge in [-0.1, -0.05) is 12.1 Å². The number of benzene rings is 1. The molecule has 0 aromatic heterocycles. The highest BCUT2D eigenvalue weighted by atomic mass is 19.1. The molecular weight excluding hydrogens is 181 g/mol. The number of Topliss-reactive ketones (excluding diaryl/α,β-unsaturated/α-hetero) is 1. The van der Waals surface area contributed by atoms with Crippen LogP contribution in [0.1, 0.15) is 18.9 Å². The molecule has 0 amide bonds. The van der Waals surface area contributed by atoms with Crippen molar-refractivity contribution in [3.8, 4) is 0 Å². The van der Waals surface area contributed by atoms with Crippen molar-refractivity contribution in [1.29, 1.82) is 0 Å². The molecular formula is C11H12FNO. The number of carbonyl (C=O) groups excluding carboxylic acids is 1. The molecule has 1 aromatic rings. The van der Waals surface area contributed by atoms with Gasteiger partial charge in [0, 0.05) is 13.0 Å². The molecule has 1 aliphatic heterocycles. The zero-order valence-corrected chi connectivity index (χ0v) is 8.01. The van der Waals surface area contributed by atoms with Crippen LogP contribution in [0.25, 0.3) is 0 Å². The Labute approximate surface area is 82.1 Å². The van der Waals surface area contributed by atoms with E-state index in [1.165, 1.54) is 12.1 Å². The first-order chi connectivity index (χ1) is 6.63. The van der Waals surface area contributed by atoms with Crippen molar-refractivity contribution in [2.45, 2.75) is 18.9 Å². The summed E-state index contributed by atoms with van der Waals surface area (Å²) >= 11 is 0. The van der Waals surface area contributed by atoms with E-state index < -0.39 is 5.54 Å². The number of hydrogen-bond donors (Lipinski definition) is 1. The largest absolute Gasteiger partial charge is 0.301 e. The van der Waals surface area contributed by atoms with Gasteiger partial charge in [0.15, 0.2) is 5.78 Å². The van der Waals surface area contributed by atoms with Crippen molar-refractivity contribution in [2.75, 3.05) is 6.54 Å². The molecule has 2 nitrogen and oxygen atoms in total. The van der Waals surface area contributed by atoms with Gasteiger partial charge in [-0.15, -0.1) is 0 Å². The SMILES string of the molecule is CC1(c2ccc(F)cc2)NCCC1=O. The molecule has 14 heavy (non-hydrogen) atoms. The lowest BCUT2D eigenvalue weighted by molar-refractivity contribution is -0.122. The van der Waals surface area contributed by atoms with Crippen molar-refractivity contribution < 1.29 is 9.18 Å². The summed E-state index contributed by atoms with van der Waals surface area (Å²) in [5.41, 5.74) is 0.217. The van der Waals surface area contributed by atoms with Gasteiger partial charge in [-0.25, -0.2) is 4.39 Å². The molecule has 0 saturated carbocycles. The molecule has 1 fully saturated rings. The molecule has 1 saturated heterocycles. The second-order valence-electron chi connectivity index (χ2n) is 3.73. The molecule has 1 atom stereocenters. The minimum absolute atomic E-state index is 0.170. The molecule has 1 unspecified atom stereocenters. The van der Waals surface area contributed by atoms with Gasteiger partial charge in [-0.3, -0.25) is 4.79 Å². The van der Waals surface area contributed by atoms with Crippen LogP contribution >= 0.6 is 0 Å². The third kappa shape index (κ3) is 1.34. The summed E-state index contributed by atoms with van der Waals surface area (Å²) in [5.74, 6) is -0.105. The van der Waals surface area contributed by atoms with Gasteiger partial charge in [0.2, 0.25) is 0 Å². The summed E-state index contributed by atoms with van der Waals surface area (Å²) in [6.45, 7) is 2.54. The van der Waals surface area contributed by atoms with Crippen molar-refractivity contribution in [2.24, 2.45) is 0 Å². The lowest BCUT2D eigenvalue weighted by Gasteiger charge is -2.22. The monoisotopic (exact) mass is 193 g/mol. The van der Waals surface area contributed by atoms with Crippen LogP contribution in [0.15, 0.2) is 24.3 Å². The smallest absolute Gasteiger partial charge is 0.158 e. The minimum Gasteiger partial charge on any atom is -0.301 e. The predicted molar refractivity (Wildman–Crippen MR) is 51.4 cm³/mol. The molecule has 1 aliphatic rings. The highest BCUT2D eigenvalue weighted by Gasteiger charge is 2.38. The molecule has 1 aromatic carbocycles. The number of rotatable bonds is 1. The van der Waals surface area contributed by atoms with Crippen molar-refractivity contribution in [3.05, 3.63) is 35.6 Å². The van der Waals surface area contributed by atoms with Crippen LogP contribution in [0.2, 0.25) is 0 Å². The Morgan fingerprint density at radius 1 is 1.36 bits per heavy atom. The Balaban J connectivity index is 2.38. The van der Waals surface area contributed by atoms with Crippen LogP contribution in [-0.4, -0.2) is 12.3 Å². The number of nitrogens with one attached hydrogen (secondary N) is 1. The lowest BCUT2D eigenvalue weighted by atomic mass is 9.89. The zero-order valence-electron chi connectivity index (χ0n) is 8.01. The number of carbonyl (C=O) groups is 1. The maximum absolute atomic E-state index is 12.7. The fourth-order valence-corrected chi connectivity index (χ4v) is 1.82. The van der Waals surface area contributed by atoms with E-state index in [1.807, 2.05) is 6.92 Å². The third-order valence-electron chi connectivity index (χ3n) is 2.81. The van der Waals surface area contributed by atoms with Gasteiger partial charge in [0.1, 0.15) is 11.4 Å². The molecule has 0 radical (unpaired) electrons. The van der Waals surface area contributed by atoms with Crippen molar-refractivity contribution >= 4 is 5.78 Å². The first kappa shape index (κ1) is 9.34. The van der Waals surface area contributed by atoms with E-state index in [-0.39, 0.29) is 11.6 Å². The van der Waals surface area contributed by atoms with Gasteiger partial charge in [-0.05, 0) is 24.6 Å². The van der Waals surface area contributed by atoms with Crippen LogP contribution in [0, 0.1) is 5.82 Å². The molecule has 0 spiro atoms. The second-order valence-corrected chi connectivity index (χ2v) is 3.73. The summed E-state index contributed by atoms with van der Waals surface area (Å²) in [4.78, 5) is 11.6. The van der Waals surface area contributed by atoms with E-state index in [1.54, 1.807) is 12.1 Å². The molecule has 0 aliphatic carbocycles. The highest BCUT2D eigenvalue weighted by molar-refractivity contribution is 5.91. The van der Waals surface area contributed by atoms with Crippen LogP contribution in [0.3, 0.4) is 0 Å². The average molecular weight is 193 g/mol. The van der Waals surface area contributed by atoms with Crippen LogP contribution in [0.4, 0.5) is 4.39 Å². The zero-order chi connectivity index (χ0) is 10.2. The van der Waals surface area contributed by atoms with Crippen molar-refractivity contribution in [3.63, 3.8) is 0 Å². The number of hydrogen-bond acceptors (Lipinski definition) is 2. The van der Waals surface area contributed by atoms with Gasteiger partial charge < -0.3 is 5.32 Å². The van der Waals surface area contributed by atoms with Crippen molar-refractivity contribution in [1.82, 2.24) is 5.32 Å². The maximum Gasteiger partial charge on any atom is 0.158 e. The summed E-state index contributed by atoms with van der Waals surface area (Å²) in [6, 6.07) is 6.08. The number of halogens is 1. The second kappa shape index (κ2) is 3.17. The molecule has 3 heteroatoms. The van der Waals surface area contributed by atoms with Gasteiger partial charge in [0.05, 0.1) is 0 Å². The summed E-state index contributed by atoms with van der Waals surface area (Å²) in [7, 11) is 0. The fraction of sp³-hybridized carbons (Fsp3) is 0.364. The maximum atomic E-state index is 12.7. The van der Waals surface area contributed by atoms with E-state index in [2.05, 4.69) is 5.32 Å². The quantitative estimate of drug-likeness (QED) is 0.734. The molecule has 74 valence electrons. The van der Waals surface area contributed by atoms with E-state index in [0.717, 1.165) is 5.56 Å². The summed E-state index contributed by atoms with van der Waals surface area (Å²) < 4.78 is 12.7. The Morgan fingerprint density at radius 3 is 2.50 bits per heavy atom. The van der Waals surface area contributed by atoms with Gasteiger partial charge in [-0.2, -0.15) is 0 Å². The van der Waals surface area contributed by atoms with E-state index in [9.17, 15) is 9.18 Å². The Morgan fingerprint density at radius 2 is 2.00 bits per heavy atom. The Bertz CT molecular complexity index is 360. The summed E-state index contributed by atoms with van der Waals surface area (Å²) in [6.07, 6.45) is 0.549. The van der Waals surface area contributed by atoms with E-state index in [4.69, 9.17) is 0 Å². The Hall–Kier alpha value is -1.22. The Kier molecular flexibility index (Phi) is 2.11. The van der Waals surface area contributed by atoms with E-state index >= 15 is 0 Å². The van der Waals surface area contributed by atoms with E-state index in [0.29, 0.717) is 13.0 Å². The molecule has 1 heterocycles. The first-order valence-electron chi connectivity index (χ1n) is 4.67. The van der Waals surface area contributed by atoms with Crippen LogP contribution in [-0.2, 0) is 10.3 Å². The standard InChI is InChI=1S/C11H12FNO/c1-11(10(14)6-7-13-11)8-2-4-9(12)5-3-8/h2-5,13H,6-7H2,1H3. The van der Waals surface area contributed by atoms with Gasteiger partial charge in [0.25, 0.3) is 0 Å². The topological polar surface area (TPSA) is 29.1 Å². The van der Waals surface area contributed by atoms with Crippen LogP contribution in [0.5, 0.6) is 0 Å². The third-order valence-corrected chi connectivity index (χ3v) is 2.81. The van der Waals surface area contributed by atoms with Crippen LogP contribution < -0.4 is 5.32 Å². The minimum atomic E-state index is -0.617. The normalized spacial score (nSPS) is 26.9. The number of ketones is 1. The molecule has 2 rings (SSSR count). The predicted octanol–water partition coefficient (Wildman–Crippen LogP) is 1.60. The average Bonchev–Trinajstić information content (AvgIpc) is 2.49. The first-order valence-corrected chi connectivity index (χ1v) is 4.67. The highest BCUT2D eigenvalue weighted by Crippen LogP contribution is 2.27. The molecule has 0 bridgehead atoms. The summed E-state index contributed by atoms with van der Waals surface area (Å²) in [5, 5.41) is 3.15. The molecule has 1 N–H and O–H groups in total. The lowest BCUT2D eigenvalue weighted by Crippen LogP contribution is -2.38. The fourth-order valence-electron chi connectivity index (χ4n) is 1.82.